The van der Waals surface area contributed by atoms with Crippen LogP contribution in [0.1, 0.15) is 32.8 Å². The number of benzene rings is 2. The van der Waals surface area contributed by atoms with Gasteiger partial charge in [0.05, 0.1) is 11.8 Å². The van der Waals surface area contributed by atoms with Crippen LogP contribution in [0.15, 0.2) is 42.5 Å². The Morgan fingerprint density at radius 1 is 1.21 bits per heavy atom. The number of fused-ring (bicyclic) bond motifs is 1. The first kappa shape index (κ1) is 24.1. The summed E-state index contributed by atoms with van der Waals surface area (Å²) >= 11 is 5.33. The lowest BCUT2D eigenvalue weighted by Gasteiger charge is -2.26. The number of carbonyl (C=O) groups excluding carboxylic acids is 2. The number of aryl methyl sites for hydroxylation is 1. The molecule has 0 aromatic heterocycles. The van der Waals surface area contributed by atoms with Gasteiger partial charge in [-0.3, -0.25) is 14.5 Å². The molecule has 2 aromatic rings. The molecule has 1 amide bonds. The van der Waals surface area contributed by atoms with Gasteiger partial charge < -0.3 is 15.4 Å². The lowest BCUT2D eigenvalue weighted by molar-refractivity contribution is -0.162. The zero-order valence-corrected chi connectivity index (χ0v) is 19.5. The minimum absolute atomic E-state index is 0.202. The quantitative estimate of drug-likeness (QED) is 0.297. The Morgan fingerprint density at radius 2 is 1.85 bits per heavy atom. The van der Waals surface area contributed by atoms with Gasteiger partial charge in [0.15, 0.2) is 5.11 Å². The maximum atomic E-state index is 13.2. The second-order valence-electron chi connectivity index (χ2n) is 8.64. The van der Waals surface area contributed by atoms with Crippen LogP contribution >= 0.6 is 12.2 Å². The fourth-order valence-electron chi connectivity index (χ4n) is 3.49. The van der Waals surface area contributed by atoms with Gasteiger partial charge >= 0.3 is 5.97 Å². The number of carbonyl (C=O) groups is 2. The first-order valence-electron chi connectivity index (χ1n) is 10.4. The van der Waals surface area contributed by atoms with Gasteiger partial charge in [-0.15, -0.1) is 0 Å². The van der Waals surface area contributed by atoms with E-state index in [-0.39, 0.29) is 17.5 Å². The van der Waals surface area contributed by atoms with E-state index < -0.39 is 23.4 Å². The van der Waals surface area contributed by atoms with Crippen molar-refractivity contribution >= 4 is 46.3 Å². The standard InChI is InChI=1S/C24H25FN4O3S/c1-24(2,3)32-22(31)19-11-5-15-4-8-18(14-20(15)29(13-12-26)21(19)30)28-23(33)27-17-9-6-16(25)7-10-17/h4,6-10,14,19H,5,11,13H2,1-3H3,(H2,27,28,33). The van der Waals surface area contributed by atoms with Gasteiger partial charge in [-0.1, -0.05) is 6.07 Å². The van der Waals surface area contributed by atoms with E-state index in [9.17, 15) is 19.2 Å². The number of thiocarbonyl (C=S) groups is 1. The second-order valence-corrected chi connectivity index (χ2v) is 9.04. The number of amides is 1. The molecule has 7 nitrogen and oxygen atoms in total. The Balaban J connectivity index is 1.82. The first-order chi connectivity index (χ1) is 15.6. The fraction of sp³-hybridized carbons (Fsp3) is 0.333. The van der Waals surface area contributed by atoms with Crippen LogP contribution in [0.5, 0.6) is 0 Å². The SMILES string of the molecule is CC(C)(C)OC(=O)C1CCc2ccc(NC(=S)Nc3ccc(F)cc3)cc2N(CC#N)C1=O. The first-order valence-corrected chi connectivity index (χ1v) is 10.9. The molecule has 1 aliphatic heterocycles. The van der Waals surface area contributed by atoms with Crippen LogP contribution in [0, 0.1) is 23.1 Å². The van der Waals surface area contributed by atoms with Gasteiger partial charge in [0.2, 0.25) is 5.91 Å². The van der Waals surface area contributed by atoms with Gasteiger partial charge in [-0.2, -0.15) is 5.26 Å². The molecule has 172 valence electrons. The number of nitrogens with zero attached hydrogens (tertiary/aromatic N) is 2. The average Bonchev–Trinajstić information content (AvgIpc) is 2.86. The van der Waals surface area contributed by atoms with Gasteiger partial charge in [-0.05, 0) is 87.8 Å². The summed E-state index contributed by atoms with van der Waals surface area (Å²) in [5.41, 5.74) is 1.88. The zero-order chi connectivity index (χ0) is 24.2. The fourth-order valence-corrected chi connectivity index (χ4v) is 3.72. The van der Waals surface area contributed by atoms with E-state index in [4.69, 9.17) is 17.0 Å². The summed E-state index contributed by atoms with van der Waals surface area (Å²) < 4.78 is 18.5. The van der Waals surface area contributed by atoms with E-state index >= 15 is 0 Å². The molecule has 0 bridgehead atoms. The minimum atomic E-state index is -0.984. The van der Waals surface area contributed by atoms with Crippen molar-refractivity contribution < 1.29 is 18.7 Å². The third kappa shape index (κ3) is 6.26. The van der Waals surface area contributed by atoms with Crippen molar-refractivity contribution in [2.45, 2.75) is 39.2 Å². The molecule has 0 spiro atoms. The van der Waals surface area contributed by atoms with Crippen molar-refractivity contribution in [3.05, 3.63) is 53.8 Å². The van der Waals surface area contributed by atoms with Crippen molar-refractivity contribution in [2.75, 3.05) is 22.1 Å². The third-order valence-corrected chi connectivity index (χ3v) is 5.13. The van der Waals surface area contributed by atoms with Crippen molar-refractivity contribution in [2.24, 2.45) is 5.92 Å². The Kier molecular flexibility index (Phi) is 7.29. The summed E-state index contributed by atoms with van der Waals surface area (Å²) in [4.78, 5) is 27.2. The molecule has 2 N–H and O–H groups in total. The van der Waals surface area contributed by atoms with E-state index in [1.54, 1.807) is 45.0 Å². The maximum absolute atomic E-state index is 13.2. The molecule has 0 saturated heterocycles. The van der Waals surface area contributed by atoms with Gasteiger partial charge in [0.1, 0.15) is 23.9 Å². The Morgan fingerprint density at radius 3 is 2.48 bits per heavy atom. The lowest BCUT2D eigenvalue weighted by atomic mass is 10.00. The predicted molar refractivity (Wildman–Crippen MR) is 128 cm³/mol. The van der Waals surface area contributed by atoms with Crippen LogP contribution in [0.25, 0.3) is 0 Å². The second kappa shape index (κ2) is 9.96. The van der Waals surface area contributed by atoms with Crippen LogP contribution in [0.4, 0.5) is 21.5 Å². The van der Waals surface area contributed by atoms with Crippen LogP contribution in [-0.2, 0) is 20.7 Å². The summed E-state index contributed by atoms with van der Waals surface area (Å²) in [6, 6.07) is 13.1. The van der Waals surface area contributed by atoms with Crippen molar-refractivity contribution in [1.82, 2.24) is 0 Å². The van der Waals surface area contributed by atoms with Gasteiger partial charge in [0, 0.05) is 11.4 Å². The number of esters is 1. The molecule has 0 saturated carbocycles. The number of rotatable bonds is 4. The van der Waals surface area contributed by atoms with Crippen molar-refractivity contribution in [3.8, 4) is 6.07 Å². The van der Waals surface area contributed by atoms with E-state index in [0.29, 0.717) is 29.9 Å². The summed E-state index contributed by atoms with van der Waals surface area (Å²) in [5.74, 6) is -2.39. The van der Waals surface area contributed by atoms with Gasteiger partial charge in [-0.25, -0.2) is 4.39 Å². The number of anilines is 3. The molecule has 3 rings (SSSR count). The molecule has 1 atom stereocenters. The number of nitriles is 1. The van der Waals surface area contributed by atoms with Gasteiger partial charge in [0.25, 0.3) is 0 Å². The topological polar surface area (TPSA) is 94.5 Å². The normalized spacial score (nSPS) is 15.7. The molecule has 1 heterocycles. The highest BCUT2D eigenvalue weighted by Crippen LogP contribution is 2.33. The number of nitrogens with one attached hydrogen (secondary N) is 2. The maximum Gasteiger partial charge on any atom is 0.319 e. The summed E-state index contributed by atoms with van der Waals surface area (Å²) in [7, 11) is 0. The summed E-state index contributed by atoms with van der Waals surface area (Å²) in [6.45, 7) is 5.03. The zero-order valence-electron chi connectivity index (χ0n) is 18.6. The van der Waals surface area contributed by atoms with Crippen molar-refractivity contribution in [3.63, 3.8) is 0 Å². The monoisotopic (exact) mass is 468 g/mol. The third-order valence-electron chi connectivity index (χ3n) is 4.92. The molecule has 0 radical (unpaired) electrons. The highest BCUT2D eigenvalue weighted by Gasteiger charge is 2.37. The highest BCUT2D eigenvalue weighted by molar-refractivity contribution is 7.80. The van der Waals surface area contributed by atoms with Crippen LogP contribution in [0.2, 0.25) is 0 Å². The Hall–Kier alpha value is -3.51. The lowest BCUT2D eigenvalue weighted by Crippen LogP contribution is -2.41. The molecule has 2 aromatic carbocycles. The Bertz CT molecular complexity index is 1110. The van der Waals surface area contributed by atoms with Crippen LogP contribution < -0.4 is 15.5 Å². The molecular weight excluding hydrogens is 443 g/mol. The summed E-state index contributed by atoms with van der Waals surface area (Å²) in [6.07, 6.45) is 0.769. The number of ether oxygens (including phenoxy) is 1. The van der Waals surface area contributed by atoms with E-state index in [1.165, 1.54) is 17.0 Å². The molecule has 0 fully saturated rings. The minimum Gasteiger partial charge on any atom is -0.459 e. The molecule has 33 heavy (non-hydrogen) atoms. The summed E-state index contributed by atoms with van der Waals surface area (Å²) in [5, 5.41) is 15.6. The van der Waals surface area contributed by atoms with Crippen LogP contribution in [0.3, 0.4) is 0 Å². The molecular formula is C24H25FN4O3S. The number of hydrogen-bond donors (Lipinski definition) is 2. The molecule has 1 aliphatic rings. The molecule has 9 heteroatoms. The van der Waals surface area contributed by atoms with E-state index in [2.05, 4.69) is 10.6 Å². The number of hydrogen-bond acceptors (Lipinski definition) is 5. The highest BCUT2D eigenvalue weighted by atomic mass is 32.1. The van der Waals surface area contributed by atoms with E-state index in [0.717, 1.165) is 5.56 Å². The largest absolute Gasteiger partial charge is 0.459 e. The van der Waals surface area contributed by atoms with Crippen molar-refractivity contribution in [1.29, 1.82) is 5.26 Å². The Labute approximate surface area is 197 Å². The molecule has 1 unspecified atom stereocenters. The smallest absolute Gasteiger partial charge is 0.319 e. The number of halogens is 1. The van der Waals surface area contributed by atoms with E-state index in [1.807, 2.05) is 12.1 Å². The average molecular weight is 469 g/mol. The molecule has 0 aliphatic carbocycles. The van der Waals surface area contributed by atoms with Crippen LogP contribution in [-0.4, -0.2) is 29.1 Å². The predicted octanol–water partition coefficient (Wildman–Crippen LogP) is 4.40.